The Bertz CT molecular complexity index is 349. The Morgan fingerprint density at radius 1 is 1.54 bits per heavy atom. The lowest BCUT2D eigenvalue weighted by atomic mass is 9.98. The molecule has 0 unspecified atom stereocenters. The maximum absolute atomic E-state index is 11.0. The smallest absolute Gasteiger partial charge is 0.250 e. The molecule has 0 fully saturated rings. The van der Waals surface area contributed by atoms with Crippen molar-refractivity contribution in [3.05, 3.63) is 29.1 Å². The average Bonchev–Trinajstić information content (AvgIpc) is 2.17. The van der Waals surface area contributed by atoms with Crippen LogP contribution >= 0.6 is 0 Å². The Balaban J connectivity index is 2.52. The summed E-state index contributed by atoms with van der Waals surface area (Å²) in [4.78, 5) is 15.0. The van der Waals surface area contributed by atoms with E-state index >= 15 is 0 Å². The second-order valence-corrected chi connectivity index (χ2v) is 3.12. The van der Waals surface area contributed by atoms with Gasteiger partial charge in [0.2, 0.25) is 0 Å². The van der Waals surface area contributed by atoms with Crippen molar-refractivity contribution in [3.8, 4) is 0 Å². The van der Waals surface area contributed by atoms with Gasteiger partial charge in [0.05, 0.1) is 5.56 Å². The molecule has 0 radical (unpaired) electrons. The Morgan fingerprint density at radius 2 is 2.38 bits per heavy atom. The molecule has 1 aliphatic heterocycles. The van der Waals surface area contributed by atoms with Gasteiger partial charge in [0.15, 0.2) is 0 Å². The molecule has 13 heavy (non-hydrogen) atoms. The van der Waals surface area contributed by atoms with E-state index < -0.39 is 0 Å². The van der Waals surface area contributed by atoms with Crippen molar-refractivity contribution in [2.75, 3.05) is 6.54 Å². The van der Waals surface area contributed by atoms with Crippen LogP contribution in [0.1, 0.15) is 21.5 Å². The molecule has 0 bridgehead atoms. The van der Waals surface area contributed by atoms with E-state index in [4.69, 9.17) is 5.73 Å². The second kappa shape index (κ2) is 3.14. The number of nitrogens with two attached hydrogens (primary N) is 1. The number of aromatic nitrogens is 1. The van der Waals surface area contributed by atoms with Crippen molar-refractivity contribution in [3.63, 3.8) is 0 Å². The fourth-order valence-corrected chi connectivity index (χ4v) is 1.63. The summed E-state index contributed by atoms with van der Waals surface area (Å²) in [7, 11) is 0. The molecule has 1 amide bonds. The fraction of sp³-hybridized carbons (Fsp3) is 0.333. The van der Waals surface area contributed by atoms with Crippen molar-refractivity contribution >= 4 is 5.91 Å². The van der Waals surface area contributed by atoms with E-state index in [-0.39, 0.29) is 5.91 Å². The van der Waals surface area contributed by atoms with Crippen LogP contribution in [0.2, 0.25) is 0 Å². The quantitative estimate of drug-likeness (QED) is 0.625. The number of primary amides is 1. The standard InChI is InChI=1S/C9H11N3O/c10-9(13)8-5-12-4-6-3-11-2-1-7(6)8/h4-5,11H,1-3H2,(H2,10,13). The van der Waals surface area contributed by atoms with Crippen LogP contribution in [0, 0.1) is 0 Å². The van der Waals surface area contributed by atoms with Gasteiger partial charge in [-0.2, -0.15) is 0 Å². The first-order valence-corrected chi connectivity index (χ1v) is 4.25. The molecule has 0 spiro atoms. The van der Waals surface area contributed by atoms with Crippen molar-refractivity contribution < 1.29 is 4.79 Å². The highest BCUT2D eigenvalue weighted by molar-refractivity contribution is 5.94. The van der Waals surface area contributed by atoms with E-state index in [1.165, 1.54) is 0 Å². The molecule has 0 saturated heterocycles. The first-order chi connectivity index (χ1) is 6.29. The van der Waals surface area contributed by atoms with E-state index in [0.29, 0.717) is 5.56 Å². The number of carbonyl (C=O) groups excluding carboxylic acids is 1. The SMILES string of the molecule is NC(=O)c1cncc2c1CCNC2. The zero-order valence-electron chi connectivity index (χ0n) is 7.21. The lowest BCUT2D eigenvalue weighted by Gasteiger charge is -2.18. The number of rotatable bonds is 1. The van der Waals surface area contributed by atoms with Crippen LogP contribution in [0.25, 0.3) is 0 Å². The van der Waals surface area contributed by atoms with E-state index in [2.05, 4.69) is 10.3 Å². The maximum Gasteiger partial charge on any atom is 0.250 e. The van der Waals surface area contributed by atoms with Gasteiger partial charge in [-0.1, -0.05) is 0 Å². The van der Waals surface area contributed by atoms with Crippen LogP contribution < -0.4 is 11.1 Å². The molecule has 1 aliphatic rings. The third-order valence-corrected chi connectivity index (χ3v) is 2.28. The van der Waals surface area contributed by atoms with Crippen molar-refractivity contribution in [1.29, 1.82) is 0 Å². The summed E-state index contributed by atoms with van der Waals surface area (Å²) < 4.78 is 0. The van der Waals surface area contributed by atoms with Crippen LogP contribution in [0.3, 0.4) is 0 Å². The number of hydrogen-bond donors (Lipinski definition) is 2. The van der Waals surface area contributed by atoms with Gasteiger partial charge in [-0.05, 0) is 24.1 Å². The summed E-state index contributed by atoms with van der Waals surface area (Å²) in [6.45, 7) is 1.68. The summed E-state index contributed by atoms with van der Waals surface area (Å²) in [6.07, 6.45) is 4.19. The van der Waals surface area contributed by atoms with Gasteiger partial charge >= 0.3 is 0 Å². The van der Waals surface area contributed by atoms with Gasteiger partial charge in [-0.3, -0.25) is 9.78 Å². The third-order valence-electron chi connectivity index (χ3n) is 2.28. The Kier molecular flexibility index (Phi) is 1.98. The van der Waals surface area contributed by atoms with Gasteiger partial charge in [0.1, 0.15) is 0 Å². The monoisotopic (exact) mass is 177 g/mol. The van der Waals surface area contributed by atoms with Crippen LogP contribution in [-0.4, -0.2) is 17.4 Å². The maximum atomic E-state index is 11.0. The molecule has 3 N–H and O–H groups in total. The average molecular weight is 177 g/mol. The molecule has 4 heteroatoms. The molecule has 1 aromatic rings. The minimum atomic E-state index is -0.383. The summed E-state index contributed by atoms with van der Waals surface area (Å²) >= 11 is 0. The largest absolute Gasteiger partial charge is 0.366 e. The zero-order valence-corrected chi connectivity index (χ0v) is 7.21. The first-order valence-electron chi connectivity index (χ1n) is 4.25. The van der Waals surface area contributed by atoms with Crippen molar-refractivity contribution in [2.45, 2.75) is 13.0 Å². The van der Waals surface area contributed by atoms with Gasteiger partial charge in [-0.15, -0.1) is 0 Å². The van der Waals surface area contributed by atoms with E-state index in [1.807, 2.05) is 0 Å². The summed E-state index contributed by atoms with van der Waals surface area (Å²) in [6, 6.07) is 0. The van der Waals surface area contributed by atoms with E-state index in [0.717, 1.165) is 30.6 Å². The van der Waals surface area contributed by atoms with Crippen LogP contribution in [-0.2, 0) is 13.0 Å². The summed E-state index contributed by atoms with van der Waals surface area (Å²) in [5, 5.41) is 3.21. The molecule has 0 atom stereocenters. The summed E-state index contributed by atoms with van der Waals surface area (Å²) in [5.41, 5.74) is 7.95. The molecule has 68 valence electrons. The Hall–Kier alpha value is -1.42. The molecule has 0 aromatic carbocycles. The molecular weight excluding hydrogens is 166 g/mol. The lowest BCUT2D eigenvalue weighted by molar-refractivity contribution is 0.0998. The normalized spacial score (nSPS) is 15.1. The first kappa shape index (κ1) is 8.19. The van der Waals surface area contributed by atoms with E-state index in [9.17, 15) is 4.79 Å². The predicted molar refractivity (Wildman–Crippen MR) is 48.2 cm³/mol. The van der Waals surface area contributed by atoms with Crippen molar-refractivity contribution in [1.82, 2.24) is 10.3 Å². The highest BCUT2D eigenvalue weighted by Gasteiger charge is 2.15. The number of hydrogen-bond acceptors (Lipinski definition) is 3. The minimum absolute atomic E-state index is 0.383. The van der Waals surface area contributed by atoms with Gasteiger partial charge in [0.25, 0.3) is 5.91 Å². The van der Waals surface area contributed by atoms with Crippen LogP contribution in [0.4, 0.5) is 0 Å². The van der Waals surface area contributed by atoms with Crippen molar-refractivity contribution in [2.24, 2.45) is 5.73 Å². The zero-order chi connectivity index (χ0) is 9.26. The van der Waals surface area contributed by atoms with Gasteiger partial charge in [0, 0.05) is 18.9 Å². The number of carbonyl (C=O) groups is 1. The van der Waals surface area contributed by atoms with Gasteiger partial charge < -0.3 is 11.1 Å². The number of fused-ring (bicyclic) bond motifs is 1. The molecule has 2 heterocycles. The molecular formula is C9H11N3O. The highest BCUT2D eigenvalue weighted by atomic mass is 16.1. The highest BCUT2D eigenvalue weighted by Crippen LogP contribution is 2.16. The lowest BCUT2D eigenvalue weighted by Crippen LogP contribution is -2.27. The topological polar surface area (TPSA) is 68.0 Å². The molecule has 0 aliphatic carbocycles. The van der Waals surface area contributed by atoms with Crippen LogP contribution in [0.15, 0.2) is 12.4 Å². The number of pyridine rings is 1. The minimum Gasteiger partial charge on any atom is -0.366 e. The Labute approximate surface area is 76.2 Å². The predicted octanol–water partition coefficient (Wildman–Crippen LogP) is -0.174. The molecule has 1 aromatic heterocycles. The summed E-state index contributed by atoms with van der Waals surface area (Å²) in [5.74, 6) is -0.383. The Morgan fingerprint density at radius 3 is 3.15 bits per heavy atom. The molecule has 0 saturated carbocycles. The van der Waals surface area contributed by atoms with Gasteiger partial charge in [-0.25, -0.2) is 0 Å². The third kappa shape index (κ3) is 1.40. The van der Waals surface area contributed by atoms with E-state index in [1.54, 1.807) is 12.4 Å². The number of nitrogens with zero attached hydrogens (tertiary/aromatic N) is 1. The molecule has 4 nitrogen and oxygen atoms in total. The second-order valence-electron chi connectivity index (χ2n) is 3.12. The number of amides is 1. The molecule has 2 rings (SSSR count). The van der Waals surface area contributed by atoms with Crippen LogP contribution in [0.5, 0.6) is 0 Å². The fourth-order valence-electron chi connectivity index (χ4n) is 1.63. The number of nitrogens with one attached hydrogen (secondary N) is 1.